The zero-order valence-corrected chi connectivity index (χ0v) is 9.14. The molecular weight excluding hydrogens is 221 g/mol. The molecule has 0 saturated heterocycles. The Morgan fingerprint density at radius 3 is 2.50 bits per heavy atom. The third-order valence-electron chi connectivity index (χ3n) is 2.14. The van der Waals surface area contributed by atoms with Gasteiger partial charge < -0.3 is 4.84 Å². The van der Waals surface area contributed by atoms with Gasteiger partial charge in [0.1, 0.15) is 0 Å². The number of benzene rings is 1. The predicted molar refractivity (Wildman–Crippen MR) is 58.0 cm³/mol. The van der Waals surface area contributed by atoms with Crippen molar-refractivity contribution in [3.05, 3.63) is 33.8 Å². The summed E-state index contributed by atoms with van der Waals surface area (Å²) in [6.07, 6.45) is 0.625. The van der Waals surface area contributed by atoms with Gasteiger partial charge in [0.2, 0.25) is 0 Å². The summed E-state index contributed by atoms with van der Waals surface area (Å²) in [5, 5.41) is 5.14. The summed E-state index contributed by atoms with van der Waals surface area (Å²) in [7, 11) is 0. The Kier molecular flexibility index (Phi) is 2.66. The lowest BCUT2D eigenvalue weighted by Crippen LogP contribution is -1.99. The first kappa shape index (κ1) is 9.81. The van der Waals surface area contributed by atoms with Gasteiger partial charge in [-0.2, -0.15) is 0 Å². The molecule has 4 heteroatoms. The SMILES string of the molecule is CC1=NO[C@@H](c2c(Cl)cccc2Cl)C1. The van der Waals surface area contributed by atoms with Gasteiger partial charge in [0.05, 0.1) is 5.71 Å². The van der Waals surface area contributed by atoms with E-state index in [4.69, 9.17) is 28.0 Å². The minimum Gasteiger partial charge on any atom is -0.387 e. The van der Waals surface area contributed by atoms with Crippen LogP contribution in [0.5, 0.6) is 0 Å². The number of nitrogens with zero attached hydrogens (tertiary/aromatic N) is 1. The average molecular weight is 230 g/mol. The lowest BCUT2D eigenvalue weighted by molar-refractivity contribution is 0.0859. The van der Waals surface area contributed by atoms with E-state index in [-0.39, 0.29) is 6.10 Å². The van der Waals surface area contributed by atoms with Gasteiger partial charge in [-0.1, -0.05) is 34.4 Å². The largest absolute Gasteiger partial charge is 0.387 e. The molecule has 1 atom stereocenters. The predicted octanol–water partition coefficient (Wildman–Crippen LogP) is 3.83. The van der Waals surface area contributed by atoms with E-state index < -0.39 is 0 Å². The van der Waals surface area contributed by atoms with Crippen molar-refractivity contribution in [3.63, 3.8) is 0 Å². The van der Waals surface area contributed by atoms with Crippen molar-refractivity contribution in [2.24, 2.45) is 5.16 Å². The van der Waals surface area contributed by atoms with Gasteiger partial charge in [0.25, 0.3) is 0 Å². The first-order chi connectivity index (χ1) is 6.68. The highest BCUT2D eigenvalue weighted by molar-refractivity contribution is 6.36. The summed E-state index contributed by atoms with van der Waals surface area (Å²) in [6, 6.07) is 5.43. The van der Waals surface area contributed by atoms with Crippen molar-refractivity contribution in [2.45, 2.75) is 19.4 Å². The van der Waals surface area contributed by atoms with E-state index >= 15 is 0 Å². The van der Waals surface area contributed by atoms with Gasteiger partial charge >= 0.3 is 0 Å². The van der Waals surface area contributed by atoms with Gasteiger partial charge in [-0.25, -0.2) is 0 Å². The van der Waals surface area contributed by atoms with Crippen molar-refractivity contribution >= 4 is 28.9 Å². The van der Waals surface area contributed by atoms with Crippen LogP contribution in [0.15, 0.2) is 23.4 Å². The average Bonchev–Trinajstić information content (AvgIpc) is 2.51. The van der Waals surface area contributed by atoms with E-state index in [1.54, 1.807) is 12.1 Å². The van der Waals surface area contributed by atoms with E-state index in [1.807, 2.05) is 13.0 Å². The number of hydrogen-bond donors (Lipinski definition) is 0. The van der Waals surface area contributed by atoms with Crippen LogP contribution in [0.1, 0.15) is 25.0 Å². The molecular formula is C10H9Cl2NO. The second-order valence-corrected chi connectivity index (χ2v) is 4.07. The highest BCUT2D eigenvalue weighted by atomic mass is 35.5. The smallest absolute Gasteiger partial charge is 0.160 e. The Balaban J connectivity index is 2.33. The fourth-order valence-electron chi connectivity index (χ4n) is 1.47. The van der Waals surface area contributed by atoms with Crippen LogP contribution in [-0.2, 0) is 4.84 Å². The molecule has 0 saturated carbocycles. The number of hydrogen-bond acceptors (Lipinski definition) is 2. The quantitative estimate of drug-likeness (QED) is 0.718. The summed E-state index contributed by atoms with van der Waals surface area (Å²) in [4.78, 5) is 5.23. The molecule has 2 nitrogen and oxygen atoms in total. The highest BCUT2D eigenvalue weighted by Gasteiger charge is 2.24. The molecule has 74 valence electrons. The molecule has 0 unspecified atom stereocenters. The minimum absolute atomic E-state index is 0.129. The lowest BCUT2D eigenvalue weighted by Gasteiger charge is -2.11. The first-order valence-corrected chi connectivity index (χ1v) is 5.07. The Hall–Kier alpha value is -0.730. The van der Waals surface area contributed by atoms with Gasteiger partial charge in [-0.05, 0) is 19.1 Å². The Bertz CT molecular complexity index is 369. The van der Waals surface area contributed by atoms with Gasteiger partial charge in [-0.3, -0.25) is 0 Å². The first-order valence-electron chi connectivity index (χ1n) is 4.31. The zero-order valence-electron chi connectivity index (χ0n) is 7.63. The molecule has 0 spiro atoms. The molecule has 0 aliphatic carbocycles. The van der Waals surface area contributed by atoms with Crippen LogP contribution < -0.4 is 0 Å². The van der Waals surface area contributed by atoms with E-state index in [2.05, 4.69) is 5.16 Å². The van der Waals surface area contributed by atoms with Crippen molar-refractivity contribution in [1.29, 1.82) is 0 Å². The zero-order chi connectivity index (χ0) is 10.1. The maximum atomic E-state index is 6.04. The molecule has 1 aromatic rings. The van der Waals surface area contributed by atoms with E-state index in [0.29, 0.717) is 10.0 Å². The molecule has 0 N–H and O–H groups in total. The summed E-state index contributed by atoms with van der Waals surface area (Å²) < 4.78 is 0. The molecule has 14 heavy (non-hydrogen) atoms. The topological polar surface area (TPSA) is 21.6 Å². The maximum absolute atomic E-state index is 6.04. The molecule has 0 aromatic heterocycles. The summed E-state index contributed by atoms with van der Waals surface area (Å²) >= 11 is 12.1. The summed E-state index contributed by atoms with van der Waals surface area (Å²) in [5.41, 5.74) is 1.79. The van der Waals surface area contributed by atoms with E-state index in [1.165, 1.54) is 0 Å². The van der Waals surface area contributed by atoms with Crippen LogP contribution in [0.2, 0.25) is 10.0 Å². The van der Waals surface area contributed by atoms with E-state index in [0.717, 1.165) is 17.7 Å². The second kappa shape index (κ2) is 3.79. The molecule has 0 fully saturated rings. The molecule has 1 aliphatic heterocycles. The third-order valence-corrected chi connectivity index (χ3v) is 2.80. The fraction of sp³-hybridized carbons (Fsp3) is 0.300. The molecule has 1 aliphatic rings. The normalized spacial score (nSPS) is 20.5. The van der Waals surface area contributed by atoms with Crippen LogP contribution in [-0.4, -0.2) is 5.71 Å². The standard InChI is InChI=1S/C10H9Cl2NO/c1-6-5-9(14-13-6)10-7(11)3-2-4-8(10)12/h2-4,9H,5H2,1H3/t9-/m1/s1. The van der Waals surface area contributed by atoms with E-state index in [9.17, 15) is 0 Å². The molecule has 1 aromatic carbocycles. The molecule has 0 amide bonds. The lowest BCUT2D eigenvalue weighted by atomic mass is 10.1. The molecule has 1 heterocycles. The van der Waals surface area contributed by atoms with Gasteiger partial charge in [0, 0.05) is 22.0 Å². The Morgan fingerprint density at radius 1 is 1.36 bits per heavy atom. The Morgan fingerprint density at radius 2 is 2.00 bits per heavy atom. The molecule has 0 bridgehead atoms. The summed E-state index contributed by atoms with van der Waals surface area (Å²) in [6.45, 7) is 1.92. The Labute approximate surface area is 92.5 Å². The second-order valence-electron chi connectivity index (χ2n) is 3.26. The van der Waals surface area contributed by atoms with Crippen LogP contribution in [0.25, 0.3) is 0 Å². The summed E-state index contributed by atoms with van der Waals surface area (Å²) in [5.74, 6) is 0. The third kappa shape index (κ3) is 1.72. The van der Waals surface area contributed by atoms with Crippen LogP contribution in [0.4, 0.5) is 0 Å². The van der Waals surface area contributed by atoms with Crippen molar-refractivity contribution in [3.8, 4) is 0 Å². The van der Waals surface area contributed by atoms with Crippen molar-refractivity contribution < 1.29 is 4.84 Å². The minimum atomic E-state index is -0.129. The number of oxime groups is 1. The molecule has 0 radical (unpaired) electrons. The number of halogens is 2. The van der Waals surface area contributed by atoms with Crippen molar-refractivity contribution in [2.75, 3.05) is 0 Å². The molecule has 2 rings (SSSR count). The van der Waals surface area contributed by atoms with Crippen LogP contribution in [0.3, 0.4) is 0 Å². The maximum Gasteiger partial charge on any atom is 0.160 e. The van der Waals surface area contributed by atoms with Gasteiger partial charge in [-0.15, -0.1) is 0 Å². The van der Waals surface area contributed by atoms with Crippen LogP contribution in [0, 0.1) is 0 Å². The fourth-order valence-corrected chi connectivity index (χ4v) is 2.11. The monoisotopic (exact) mass is 229 g/mol. The highest BCUT2D eigenvalue weighted by Crippen LogP contribution is 2.36. The van der Waals surface area contributed by atoms with Gasteiger partial charge in [0.15, 0.2) is 6.10 Å². The van der Waals surface area contributed by atoms with Crippen LogP contribution >= 0.6 is 23.2 Å². The number of rotatable bonds is 1. The van der Waals surface area contributed by atoms with Crippen molar-refractivity contribution in [1.82, 2.24) is 0 Å².